The molecule has 3 heterocycles. The second-order valence-electron chi connectivity index (χ2n) is 5.80. The fraction of sp³-hybridized carbons (Fsp3) is 0.625. The summed E-state index contributed by atoms with van der Waals surface area (Å²) in [5.74, 6) is 1.02. The van der Waals surface area contributed by atoms with Crippen molar-refractivity contribution in [1.82, 2.24) is 15.1 Å². The Labute approximate surface area is 136 Å². The lowest BCUT2D eigenvalue weighted by Crippen LogP contribution is -2.41. The molecule has 5 nitrogen and oxygen atoms in total. The summed E-state index contributed by atoms with van der Waals surface area (Å²) in [4.78, 5) is 22.6. The third-order valence-corrected chi connectivity index (χ3v) is 5.29. The number of aliphatic imine (C=N–C) groups is 1. The van der Waals surface area contributed by atoms with E-state index in [0.717, 1.165) is 45.1 Å². The van der Waals surface area contributed by atoms with Crippen LogP contribution in [0.4, 0.5) is 0 Å². The fourth-order valence-corrected chi connectivity index (χ4v) is 3.95. The number of carbonyl (C=O) groups excluding carboxylic acids is 1. The molecule has 0 atom stereocenters. The molecule has 1 fully saturated rings. The van der Waals surface area contributed by atoms with Gasteiger partial charge < -0.3 is 15.1 Å². The number of amides is 1. The Morgan fingerprint density at radius 1 is 1.32 bits per heavy atom. The summed E-state index contributed by atoms with van der Waals surface area (Å²) >= 11 is 1.80. The summed E-state index contributed by atoms with van der Waals surface area (Å²) < 4.78 is 0. The quantitative estimate of drug-likeness (QED) is 0.681. The summed E-state index contributed by atoms with van der Waals surface area (Å²) in [7, 11) is 0. The fourth-order valence-electron chi connectivity index (χ4n) is 3.06. The van der Waals surface area contributed by atoms with Crippen molar-refractivity contribution in [3.8, 4) is 0 Å². The summed E-state index contributed by atoms with van der Waals surface area (Å²) in [5, 5.41) is 5.42. The number of fused-ring (bicyclic) bond motifs is 1. The number of guanidine groups is 1. The minimum absolute atomic E-state index is 0.131. The molecule has 1 amide bonds. The van der Waals surface area contributed by atoms with Gasteiger partial charge in [0.2, 0.25) is 5.91 Å². The lowest BCUT2D eigenvalue weighted by atomic mass is 10.1. The van der Waals surface area contributed by atoms with Crippen LogP contribution in [0.3, 0.4) is 0 Å². The van der Waals surface area contributed by atoms with Gasteiger partial charge in [-0.15, -0.1) is 11.3 Å². The van der Waals surface area contributed by atoms with E-state index in [9.17, 15) is 4.79 Å². The monoisotopic (exact) mass is 320 g/mol. The highest BCUT2D eigenvalue weighted by Crippen LogP contribution is 2.23. The van der Waals surface area contributed by atoms with Gasteiger partial charge in [0.05, 0.1) is 0 Å². The van der Waals surface area contributed by atoms with E-state index in [-0.39, 0.29) is 12.5 Å². The van der Waals surface area contributed by atoms with Crippen LogP contribution in [0.2, 0.25) is 0 Å². The SMILES string of the molecule is CCNC(=NCC(=O)N1CCc2sccc2C1)N1CCCC1. The number of hydrogen-bond donors (Lipinski definition) is 1. The van der Waals surface area contributed by atoms with E-state index in [1.807, 2.05) is 4.90 Å². The zero-order chi connectivity index (χ0) is 15.4. The van der Waals surface area contributed by atoms with Crippen molar-refractivity contribution in [1.29, 1.82) is 0 Å². The Bertz CT molecular complexity index is 548. The third-order valence-electron chi connectivity index (χ3n) is 4.26. The molecule has 0 aliphatic carbocycles. The van der Waals surface area contributed by atoms with Crippen LogP contribution < -0.4 is 5.32 Å². The minimum Gasteiger partial charge on any atom is -0.357 e. The molecule has 0 bridgehead atoms. The molecule has 0 spiro atoms. The molecule has 3 rings (SSSR count). The highest BCUT2D eigenvalue weighted by Gasteiger charge is 2.22. The molecule has 0 radical (unpaired) electrons. The van der Waals surface area contributed by atoms with Crippen LogP contribution in [0.5, 0.6) is 0 Å². The number of nitrogens with zero attached hydrogens (tertiary/aromatic N) is 3. The Morgan fingerprint density at radius 2 is 2.14 bits per heavy atom. The van der Waals surface area contributed by atoms with Crippen LogP contribution in [0.1, 0.15) is 30.2 Å². The number of hydrogen-bond acceptors (Lipinski definition) is 3. The first kappa shape index (κ1) is 15.3. The number of carbonyl (C=O) groups is 1. The van der Waals surface area contributed by atoms with Crippen molar-refractivity contribution in [2.75, 3.05) is 32.7 Å². The van der Waals surface area contributed by atoms with E-state index >= 15 is 0 Å². The number of nitrogens with one attached hydrogen (secondary N) is 1. The van der Waals surface area contributed by atoms with Crippen molar-refractivity contribution in [2.45, 2.75) is 32.7 Å². The number of likely N-dealkylation sites (tertiary alicyclic amines) is 1. The molecular weight excluding hydrogens is 296 g/mol. The van der Waals surface area contributed by atoms with Crippen molar-refractivity contribution in [3.63, 3.8) is 0 Å². The molecule has 120 valence electrons. The van der Waals surface area contributed by atoms with Crippen LogP contribution in [0.25, 0.3) is 0 Å². The third kappa shape index (κ3) is 3.43. The normalized spacial score (nSPS) is 18.5. The smallest absolute Gasteiger partial charge is 0.244 e. The standard InChI is InChI=1S/C16H24N4OS/c1-2-17-16(19-7-3-4-8-19)18-11-15(21)20-9-5-14-13(12-20)6-10-22-14/h6,10H,2-5,7-9,11-12H2,1H3,(H,17,18). The molecule has 0 unspecified atom stereocenters. The van der Waals surface area contributed by atoms with E-state index in [0.29, 0.717) is 0 Å². The van der Waals surface area contributed by atoms with Crippen molar-refractivity contribution in [2.24, 2.45) is 4.99 Å². The van der Waals surface area contributed by atoms with Gasteiger partial charge >= 0.3 is 0 Å². The van der Waals surface area contributed by atoms with Gasteiger partial charge in [-0.3, -0.25) is 4.79 Å². The molecule has 0 aromatic carbocycles. The Kier molecular flexibility index (Phi) is 4.97. The summed E-state index contributed by atoms with van der Waals surface area (Å²) in [6, 6.07) is 2.14. The van der Waals surface area contributed by atoms with Gasteiger partial charge in [0.15, 0.2) is 5.96 Å². The van der Waals surface area contributed by atoms with Gasteiger partial charge in [0.25, 0.3) is 0 Å². The highest BCUT2D eigenvalue weighted by atomic mass is 32.1. The van der Waals surface area contributed by atoms with Crippen LogP contribution in [-0.2, 0) is 17.8 Å². The first-order valence-corrected chi connectivity index (χ1v) is 9.02. The minimum atomic E-state index is 0.131. The molecule has 2 aliphatic rings. The predicted octanol–water partition coefficient (Wildman–Crippen LogP) is 1.69. The maximum atomic E-state index is 12.4. The van der Waals surface area contributed by atoms with Crippen LogP contribution >= 0.6 is 11.3 Å². The maximum absolute atomic E-state index is 12.4. The molecule has 1 N–H and O–H groups in total. The van der Waals surface area contributed by atoms with E-state index < -0.39 is 0 Å². The number of rotatable bonds is 3. The van der Waals surface area contributed by atoms with Gasteiger partial charge in [-0.05, 0) is 43.2 Å². The van der Waals surface area contributed by atoms with Gasteiger partial charge in [-0.1, -0.05) is 0 Å². The zero-order valence-electron chi connectivity index (χ0n) is 13.2. The molecule has 0 saturated carbocycles. The molecular formula is C16H24N4OS. The molecule has 22 heavy (non-hydrogen) atoms. The zero-order valence-corrected chi connectivity index (χ0v) is 14.0. The van der Waals surface area contributed by atoms with E-state index in [4.69, 9.17) is 0 Å². The summed E-state index contributed by atoms with van der Waals surface area (Å²) in [5.41, 5.74) is 1.31. The molecule has 1 aromatic heterocycles. The molecule has 1 saturated heterocycles. The predicted molar refractivity (Wildman–Crippen MR) is 90.2 cm³/mol. The van der Waals surface area contributed by atoms with Crippen LogP contribution in [0, 0.1) is 0 Å². The Hall–Kier alpha value is -1.56. The van der Waals surface area contributed by atoms with Gasteiger partial charge in [-0.2, -0.15) is 0 Å². The highest BCUT2D eigenvalue weighted by molar-refractivity contribution is 7.10. The molecule has 6 heteroatoms. The van der Waals surface area contributed by atoms with Crippen LogP contribution in [0.15, 0.2) is 16.4 Å². The second kappa shape index (κ2) is 7.13. The van der Waals surface area contributed by atoms with E-state index in [1.54, 1.807) is 11.3 Å². The average Bonchev–Trinajstić information content (AvgIpc) is 3.21. The lowest BCUT2D eigenvalue weighted by molar-refractivity contribution is -0.130. The second-order valence-corrected chi connectivity index (χ2v) is 6.80. The van der Waals surface area contributed by atoms with E-state index in [2.05, 4.69) is 33.6 Å². The van der Waals surface area contributed by atoms with Crippen LogP contribution in [-0.4, -0.2) is 54.4 Å². The van der Waals surface area contributed by atoms with Gasteiger partial charge in [0.1, 0.15) is 6.54 Å². The maximum Gasteiger partial charge on any atom is 0.244 e. The first-order chi connectivity index (χ1) is 10.8. The topological polar surface area (TPSA) is 47.9 Å². The first-order valence-electron chi connectivity index (χ1n) is 8.14. The van der Waals surface area contributed by atoms with E-state index in [1.165, 1.54) is 23.3 Å². The van der Waals surface area contributed by atoms with Crippen molar-refractivity contribution >= 4 is 23.2 Å². The summed E-state index contributed by atoms with van der Waals surface area (Å²) in [6.45, 7) is 6.81. The molecule has 1 aromatic rings. The largest absolute Gasteiger partial charge is 0.357 e. The van der Waals surface area contributed by atoms with Crippen molar-refractivity contribution < 1.29 is 4.79 Å². The Balaban J connectivity index is 1.59. The summed E-state index contributed by atoms with van der Waals surface area (Å²) in [6.07, 6.45) is 3.41. The Morgan fingerprint density at radius 3 is 2.91 bits per heavy atom. The molecule has 2 aliphatic heterocycles. The average molecular weight is 320 g/mol. The van der Waals surface area contributed by atoms with Gasteiger partial charge in [0, 0.05) is 37.6 Å². The van der Waals surface area contributed by atoms with Gasteiger partial charge in [-0.25, -0.2) is 4.99 Å². The number of thiophene rings is 1. The lowest BCUT2D eigenvalue weighted by Gasteiger charge is -2.27. The van der Waals surface area contributed by atoms with Crippen molar-refractivity contribution in [3.05, 3.63) is 21.9 Å².